The average molecular weight is 447 g/mol. The zero-order valence-electron chi connectivity index (χ0n) is 13.9. The molecular formula is C16H23FIN5O. The van der Waals surface area contributed by atoms with Crippen molar-refractivity contribution in [2.75, 3.05) is 19.6 Å². The molecule has 1 aromatic carbocycles. The highest BCUT2D eigenvalue weighted by Gasteiger charge is 2.02. The fraction of sp³-hybridized carbons (Fsp3) is 0.438. The van der Waals surface area contributed by atoms with Crippen molar-refractivity contribution in [2.24, 2.45) is 4.99 Å². The predicted molar refractivity (Wildman–Crippen MR) is 102 cm³/mol. The third-order valence-electron chi connectivity index (χ3n) is 3.13. The lowest BCUT2D eigenvalue weighted by Gasteiger charge is -2.11. The maximum atomic E-state index is 12.9. The Morgan fingerprint density at radius 2 is 1.96 bits per heavy atom. The van der Waals surface area contributed by atoms with Gasteiger partial charge < -0.3 is 15.2 Å². The lowest BCUT2D eigenvalue weighted by molar-refractivity contribution is 0.376. The zero-order chi connectivity index (χ0) is 16.5. The van der Waals surface area contributed by atoms with Crippen LogP contribution in [0.2, 0.25) is 0 Å². The Bertz CT molecular complexity index is 630. The van der Waals surface area contributed by atoms with Crippen LogP contribution >= 0.6 is 24.0 Å². The van der Waals surface area contributed by atoms with Crippen molar-refractivity contribution in [3.05, 3.63) is 47.4 Å². The number of nitrogens with one attached hydrogen (secondary N) is 2. The number of guanidine groups is 1. The molecule has 0 bridgehead atoms. The van der Waals surface area contributed by atoms with Crippen molar-refractivity contribution in [3.8, 4) is 0 Å². The van der Waals surface area contributed by atoms with E-state index in [1.54, 1.807) is 19.1 Å². The molecule has 0 saturated heterocycles. The molecule has 0 amide bonds. The predicted octanol–water partition coefficient (Wildman–Crippen LogP) is 2.48. The molecule has 0 spiro atoms. The number of benzene rings is 1. The minimum atomic E-state index is -0.215. The van der Waals surface area contributed by atoms with E-state index in [-0.39, 0.29) is 29.8 Å². The molecule has 0 aliphatic rings. The summed E-state index contributed by atoms with van der Waals surface area (Å²) in [7, 11) is 0. The van der Waals surface area contributed by atoms with Gasteiger partial charge in [-0.05, 0) is 38.0 Å². The van der Waals surface area contributed by atoms with E-state index in [0.29, 0.717) is 24.7 Å². The highest BCUT2D eigenvalue weighted by Crippen LogP contribution is 2.02. The first-order valence-corrected chi connectivity index (χ1v) is 7.73. The van der Waals surface area contributed by atoms with Crippen molar-refractivity contribution in [2.45, 2.75) is 26.7 Å². The van der Waals surface area contributed by atoms with Gasteiger partial charge in [-0.1, -0.05) is 17.3 Å². The number of aliphatic imine (C=N–C) groups is 1. The monoisotopic (exact) mass is 447 g/mol. The Hall–Kier alpha value is -1.71. The SMILES string of the molecule is CCNC(=NCCc1nc(C)no1)NCCc1ccc(F)cc1.I. The summed E-state index contributed by atoms with van der Waals surface area (Å²) in [6.45, 7) is 5.86. The fourth-order valence-corrected chi connectivity index (χ4v) is 2.02. The summed E-state index contributed by atoms with van der Waals surface area (Å²) in [5.74, 6) is 1.75. The van der Waals surface area contributed by atoms with Crippen molar-refractivity contribution in [1.29, 1.82) is 0 Å². The van der Waals surface area contributed by atoms with Gasteiger partial charge in [0.05, 0.1) is 6.54 Å². The van der Waals surface area contributed by atoms with Crippen LogP contribution in [-0.4, -0.2) is 35.7 Å². The van der Waals surface area contributed by atoms with Gasteiger partial charge in [0.1, 0.15) is 5.82 Å². The fourth-order valence-electron chi connectivity index (χ4n) is 2.02. The summed E-state index contributed by atoms with van der Waals surface area (Å²) in [5.41, 5.74) is 1.08. The van der Waals surface area contributed by atoms with Gasteiger partial charge in [0.15, 0.2) is 11.8 Å². The molecule has 0 aliphatic carbocycles. The molecule has 0 aliphatic heterocycles. The third-order valence-corrected chi connectivity index (χ3v) is 3.13. The number of nitrogens with zero attached hydrogens (tertiary/aromatic N) is 3. The molecule has 0 unspecified atom stereocenters. The quantitative estimate of drug-likeness (QED) is 0.388. The second-order valence-electron chi connectivity index (χ2n) is 5.05. The van der Waals surface area contributed by atoms with Gasteiger partial charge in [-0.25, -0.2) is 4.39 Å². The largest absolute Gasteiger partial charge is 0.357 e. The summed E-state index contributed by atoms with van der Waals surface area (Å²) >= 11 is 0. The van der Waals surface area contributed by atoms with E-state index in [1.165, 1.54) is 12.1 Å². The van der Waals surface area contributed by atoms with Crippen LogP contribution in [0.25, 0.3) is 0 Å². The zero-order valence-corrected chi connectivity index (χ0v) is 16.2. The van der Waals surface area contributed by atoms with Gasteiger partial charge in [0, 0.05) is 19.5 Å². The molecule has 1 aromatic heterocycles. The Morgan fingerprint density at radius 1 is 1.21 bits per heavy atom. The summed E-state index contributed by atoms with van der Waals surface area (Å²) in [6.07, 6.45) is 1.41. The van der Waals surface area contributed by atoms with E-state index < -0.39 is 0 Å². The number of rotatable bonds is 7. The van der Waals surface area contributed by atoms with Gasteiger partial charge in [0.2, 0.25) is 5.89 Å². The summed E-state index contributed by atoms with van der Waals surface area (Å²) in [5, 5.41) is 10.2. The second kappa shape index (κ2) is 11.0. The van der Waals surface area contributed by atoms with Crippen LogP contribution in [-0.2, 0) is 12.8 Å². The number of hydrogen-bond acceptors (Lipinski definition) is 4. The van der Waals surface area contributed by atoms with Crippen molar-refractivity contribution in [1.82, 2.24) is 20.8 Å². The molecule has 0 fully saturated rings. The maximum absolute atomic E-state index is 12.9. The third kappa shape index (κ3) is 7.24. The van der Waals surface area contributed by atoms with Crippen LogP contribution in [0, 0.1) is 12.7 Å². The van der Waals surface area contributed by atoms with Crippen LogP contribution in [0.5, 0.6) is 0 Å². The van der Waals surface area contributed by atoms with Crippen LogP contribution in [0.1, 0.15) is 24.2 Å². The van der Waals surface area contributed by atoms with Gasteiger partial charge in [-0.15, -0.1) is 24.0 Å². The van der Waals surface area contributed by atoms with Gasteiger partial charge in [0.25, 0.3) is 0 Å². The maximum Gasteiger partial charge on any atom is 0.228 e. The normalized spacial score (nSPS) is 11.0. The summed E-state index contributed by atoms with van der Waals surface area (Å²) < 4.78 is 17.9. The van der Waals surface area contributed by atoms with E-state index in [4.69, 9.17) is 4.52 Å². The first kappa shape index (κ1) is 20.3. The first-order chi connectivity index (χ1) is 11.2. The van der Waals surface area contributed by atoms with Crippen molar-refractivity contribution in [3.63, 3.8) is 0 Å². The number of aryl methyl sites for hydroxylation is 1. The average Bonchev–Trinajstić information content (AvgIpc) is 2.95. The summed E-state index contributed by atoms with van der Waals surface area (Å²) in [4.78, 5) is 8.61. The molecule has 0 saturated carbocycles. The van der Waals surface area contributed by atoms with Crippen LogP contribution in [0.3, 0.4) is 0 Å². The van der Waals surface area contributed by atoms with E-state index in [1.807, 2.05) is 6.92 Å². The van der Waals surface area contributed by atoms with Crippen molar-refractivity contribution >= 4 is 29.9 Å². The second-order valence-corrected chi connectivity index (χ2v) is 5.05. The molecule has 2 aromatic rings. The lowest BCUT2D eigenvalue weighted by atomic mass is 10.1. The molecular weight excluding hydrogens is 424 g/mol. The molecule has 8 heteroatoms. The molecule has 2 N–H and O–H groups in total. The lowest BCUT2D eigenvalue weighted by Crippen LogP contribution is -2.38. The molecule has 1 heterocycles. The molecule has 2 rings (SSSR count). The molecule has 0 radical (unpaired) electrons. The molecule has 0 atom stereocenters. The van der Waals surface area contributed by atoms with Gasteiger partial charge in [-0.2, -0.15) is 4.98 Å². The topological polar surface area (TPSA) is 75.3 Å². The number of aromatic nitrogens is 2. The summed E-state index contributed by atoms with van der Waals surface area (Å²) in [6, 6.07) is 6.53. The number of halogens is 2. The Kier molecular flexibility index (Phi) is 9.28. The Labute approximate surface area is 158 Å². The van der Waals surface area contributed by atoms with Gasteiger partial charge >= 0.3 is 0 Å². The van der Waals surface area contributed by atoms with E-state index in [0.717, 1.165) is 31.0 Å². The van der Waals surface area contributed by atoms with Crippen molar-refractivity contribution < 1.29 is 8.91 Å². The number of hydrogen-bond donors (Lipinski definition) is 2. The Morgan fingerprint density at radius 3 is 2.58 bits per heavy atom. The highest BCUT2D eigenvalue weighted by atomic mass is 127. The standard InChI is InChI=1S/C16H22FN5O.HI/c1-3-18-16(20-11-9-15-21-12(2)22-23-15)19-10-8-13-4-6-14(17)7-5-13;/h4-7H,3,8-11H2,1-2H3,(H2,18,19,20);1H. The van der Waals surface area contributed by atoms with E-state index in [9.17, 15) is 4.39 Å². The Balaban J connectivity index is 0.00000288. The van der Waals surface area contributed by atoms with E-state index in [2.05, 4.69) is 25.8 Å². The van der Waals surface area contributed by atoms with Crippen LogP contribution < -0.4 is 10.6 Å². The van der Waals surface area contributed by atoms with Crippen LogP contribution in [0.4, 0.5) is 4.39 Å². The molecule has 132 valence electrons. The molecule has 24 heavy (non-hydrogen) atoms. The minimum Gasteiger partial charge on any atom is -0.357 e. The minimum absolute atomic E-state index is 0. The van der Waals surface area contributed by atoms with Crippen LogP contribution in [0.15, 0.2) is 33.8 Å². The van der Waals surface area contributed by atoms with E-state index >= 15 is 0 Å². The molecule has 6 nitrogen and oxygen atoms in total. The first-order valence-electron chi connectivity index (χ1n) is 7.73. The van der Waals surface area contributed by atoms with Gasteiger partial charge in [-0.3, -0.25) is 4.99 Å². The highest BCUT2D eigenvalue weighted by molar-refractivity contribution is 14.0. The smallest absolute Gasteiger partial charge is 0.228 e.